The van der Waals surface area contributed by atoms with Crippen LogP contribution in [-0.4, -0.2) is 5.33 Å². The van der Waals surface area contributed by atoms with Crippen LogP contribution in [0.2, 0.25) is 0 Å². The molecule has 0 N–H and O–H groups in total. The van der Waals surface area contributed by atoms with Crippen molar-refractivity contribution in [3.05, 3.63) is 30.6 Å². The van der Waals surface area contributed by atoms with Gasteiger partial charge in [-0.2, -0.15) is 4.57 Å². The molecule has 0 aliphatic rings. The molecular formula is C9H13BrN+. The fourth-order valence-corrected chi connectivity index (χ4v) is 1.16. The third-order valence-electron chi connectivity index (χ3n) is 1.74. The molecule has 0 fully saturated rings. The van der Waals surface area contributed by atoms with Crippen LogP contribution in [0, 0.1) is 0 Å². The molecule has 1 heterocycles. The molecule has 0 amide bonds. The molecule has 0 aliphatic heterocycles. The van der Waals surface area contributed by atoms with E-state index in [-0.39, 0.29) is 5.54 Å². The summed E-state index contributed by atoms with van der Waals surface area (Å²) in [5, 5.41) is 0.967. The van der Waals surface area contributed by atoms with Crippen LogP contribution in [0.1, 0.15) is 13.8 Å². The van der Waals surface area contributed by atoms with E-state index in [4.69, 9.17) is 0 Å². The van der Waals surface area contributed by atoms with Crippen molar-refractivity contribution in [2.45, 2.75) is 19.4 Å². The fourth-order valence-electron chi connectivity index (χ4n) is 0.871. The molecule has 60 valence electrons. The lowest BCUT2D eigenvalue weighted by Crippen LogP contribution is -2.52. The monoisotopic (exact) mass is 214 g/mol. The van der Waals surface area contributed by atoms with Gasteiger partial charge in [0.2, 0.25) is 0 Å². The molecule has 0 bridgehead atoms. The predicted octanol–water partition coefficient (Wildman–Crippen LogP) is 2.10. The van der Waals surface area contributed by atoms with Gasteiger partial charge in [0.15, 0.2) is 17.9 Å². The van der Waals surface area contributed by atoms with Gasteiger partial charge in [-0.25, -0.2) is 0 Å². The third kappa shape index (κ3) is 2.03. The topological polar surface area (TPSA) is 3.88 Å². The first-order valence-electron chi connectivity index (χ1n) is 3.69. The van der Waals surface area contributed by atoms with E-state index in [0.717, 1.165) is 5.33 Å². The van der Waals surface area contributed by atoms with E-state index in [1.807, 2.05) is 18.2 Å². The Morgan fingerprint density at radius 1 is 1.18 bits per heavy atom. The Morgan fingerprint density at radius 2 is 1.73 bits per heavy atom. The van der Waals surface area contributed by atoms with Gasteiger partial charge < -0.3 is 0 Å². The molecule has 0 spiro atoms. The second kappa shape index (κ2) is 3.35. The lowest BCUT2D eigenvalue weighted by Gasteiger charge is -2.15. The summed E-state index contributed by atoms with van der Waals surface area (Å²) in [5.74, 6) is 0. The lowest BCUT2D eigenvalue weighted by molar-refractivity contribution is -0.752. The first-order valence-corrected chi connectivity index (χ1v) is 4.82. The molecule has 11 heavy (non-hydrogen) atoms. The zero-order valence-corrected chi connectivity index (χ0v) is 8.51. The van der Waals surface area contributed by atoms with Crippen LogP contribution < -0.4 is 4.57 Å². The number of alkyl halides is 1. The SMILES string of the molecule is CC(C)(CBr)[n+]1ccccc1. The van der Waals surface area contributed by atoms with Crippen molar-refractivity contribution in [1.82, 2.24) is 0 Å². The Kier molecular flexibility index (Phi) is 2.66. The normalized spacial score (nSPS) is 11.5. The summed E-state index contributed by atoms with van der Waals surface area (Å²) in [5.41, 5.74) is 0.168. The predicted molar refractivity (Wildman–Crippen MR) is 49.8 cm³/mol. The first-order chi connectivity index (χ1) is 5.17. The number of hydrogen-bond donors (Lipinski definition) is 0. The molecule has 1 aromatic heterocycles. The van der Waals surface area contributed by atoms with Crippen molar-refractivity contribution < 1.29 is 4.57 Å². The van der Waals surface area contributed by atoms with E-state index in [0.29, 0.717) is 0 Å². The quantitative estimate of drug-likeness (QED) is 0.525. The molecule has 0 atom stereocenters. The highest BCUT2D eigenvalue weighted by molar-refractivity contribution is 9.09. The standard InChI is InChI=1S/C9H13BrN/c1-9(2,8-10)11-6-4-3-5-7-11/h3-7H,8H2,1-2H3/q+1. The van der Waals surface area contributed by atoms with Gasteiger partial charge in [-0.1, -0.05) is 22.0 Å². The lowest BCUT2D eigenvalue weighted by atomic mass is 10.1. The summed E-state index contributed by atoms with van der Waals surface area (Å²) in [6.07, 6.45) is 4.17. The average molecular weight is 215 g/mol. The maximum absolute atomic E-state index is 3.49. The Labute approximate surface area is 76.2 Å². The van der Waals surface area contributed by atoms with Gasteiger partial charge in [-0.05, 0) is 0 Å². The largest absolute Gasteiger partial charge is 0.200 e. The molecule has 0 saturated heterocycles. The zero-order chi connectivity index (χ0) is 8.32. The second-order valence-corrected chi connectivity index (χ2v) is 3.79. The van der Waals surface area contributed by atoms with Gasteiger partial charge in [0.05, 0.1) is 5.33 Å². The van der Waals surface area contributed by atoms with Gasteiger partial charge >= 0.3 is 0 Å². The number of halogens is 1. The minimum atomic E-state index is 0.168. The fraction of sp³-hybridized carbons (Fsp3) is 0.444. The molecule has 0 radical (unpaired) electrons. The Bertz CT molecular complexity index is 218. The minimum Gasteiger partial charge on any atom is -0.200 e. The highest BCUT2D eigenvalue weighted by Crippen LogP contribution is 2.08. The van der Waals surface area contributed by atoms with Crippen molar-refractivity contribution in [2.75, 3.05) is 5.33 Å². The Balaban J connectivity index is 2.93. The molecule has 2 heteroatoms. The Hall–Kier alpha value is -0.370. The number of rotatable bonds is 2. The van der Waals surface area contributed by atoms with Crippen molar-refractivity contribution in [1.29, 1.82) is 0 Å². The number of pyridine rings is 1. The van der Waals surface area contributed by atoms with E-state index in [9.17, 15) is 0 Å². The van der Waals surface area contributed by atoms with Crippen molar-refractivity contribution in [2.24, 2.45) is 0 Å². The molecule has 1 nitrogen and oxygen atoms in total. The molecule has 0 unspecified atom stereocenters. The Morgan fingerprint density at radius 3 is 2.18 bits per heavy atom. The van der Waals surface area contributed by atoms with E-state index < -0.39 is 0 Å². The van der Waals surface area contributed by atoms with Gasteiger partial charge in [0.1, 0.15) is 0 Å². The summed E-state index contributed by atoms with van der Waals surface area (Å²) in [6.45, 7) is 4.39. The van der Waals surface area contributed by atoms with Crippen LogP contribution in [0.15, 0.2) is 30.6 Å². The highest BCUT2D eigenvalue weighted by Gasteiger charge is 2.25. The van der Waals surface area contributed by atoms with Crippen LogP contribution in [-0.2, 0) is 5.54 Å². The van der Waals surface area contributed by atoms with E-state index >= 15 is 0 Å². The van der Waals surface area contributed by atoms with Crippen LogP contribution >= 0.6 is 15.9 Å². The minimum absolute atomic E-state index is 0.168. The van der Waals surface area contributed by atoms with E-state index in [1.54, 1.807) is 0 Å². The van der Waals surface area contributed by atoms with E-state index in [2.05, 4.69) is 46.7 Å². The summed E-state index contributed by atoms with van der Waals surface area (Å²) < 4.78 is 2.20. The van der Waals surface area contributed by atoms with Crippen LogP contribution in [0.5, 0.6) is 0 Å². The van der Waals surface area contributed by atoms with Crippen molar-refractivity contribution >= 4 is 15.9 Å². The smallest absolute Gasteiger partial charge is 0.172 e. The van der Waals surface area contributed by atoms with Gasteiger partial charge in [0, 0.05) is 26.0 Å². The third-order valence-corrected chi connectivity index (χ3v) is 3.11. The average Bonchev–Trinajstić information content (AvgIpc) is 2.06. The number of nitrogens with zero attached hydrogens (tertiary/aromatic N) is 1. The molecule has 1 rings (SSSR count). The molecule has 0 aromatic carbocycles. The highest BCUT2D eigenvalue weighted by atomic mass is 79.9. The maximum Gasteiger partial charge on any atom is 0.172 e. The maximum atomic E-state index is 3.49. The molecule has 1 aromatic rings. The summed E-state index contributed by atoms with van der Waals surface area (Å²) in [6, 6.07) is 6.12. The zero-order valence-electron chi connectivity index (χ0n) is 6.92. The van der Waals surface area contributed by atoms with Crippen LogP contribution in [0.4, 0.5) is 0 Å². The second-order valence-electron chi connectivity index (χ2n) is 3.23. The van der Waals surface area contributed by atoms with Gasteiger partial charge in [0.25, 0.3) is 0 Å². The summed E-state index contributed by atoms with van der Waals surface area (Å²) in [4.78, 5) is 0. The molecular weight excluding hydrogens is 202 g/mol. The number of aromatic nitrogens is 1. The molecule has 0 saturated carbocycles. The first kappa shape index (κ1) is 8.72. The van der Waals surface area contributed by atoms with Crippen molar-refractivity contribution in [3.8, 4) is 0 Å². The summed E-state index contributed by atoms with van der Waals surface area (Å²) >= 11 is 3.49. The molecule has 0 aliphatic carbocycles. The summed E-state index contributed by atoms with van der Waals surface area (Å²) in [7, 11) is 0. The number of hydrogen-bond acceptors (Lipinski definition) is 0. The van der Waals surface area contributed by atoms with Gasteiger partial charge in [-0.15, -0.1) is 0 Å². The van der Waals surface area contributed by atoms with Crippen molar-refractivity contribution in [3.63, 3.8) is 0 Å². The van der Waals surface area contributed by atoms with Crippen LogP contribution in [0.25, 0.3) is 0 Å². The van der Waals surface area contributed by atoms with E-state index in [1.165, 1.54) is 0 Å². The van der Waals surface area contributed by atoms with Gasteiger partial charge in [-0.3, -0.25) is 0 Å². The van der Waals surface area contributed by atoms with Crippen LogP contribution in [0.3, 0.4) is 0 Å².